The van der Waals surface area contributed by atoms with Gasteiger partial charge >= 0.3 is 0 Å². The molecular formula is C11H20N2O2. The molecule has 86 valence electrons. The van der Waals surface area contributed by atoms with E-state index in [0.29, 0.717) is 5.92 Å². The first-order chi connectivity index (χ1) is 7.36. The van der Waals surface area contributed by atoms with Crippen LogP contribution in [0.5, 0.6) is 0 Å². The highest BCUT2D eigenvalue weighted by molar-refractivity contribution is 5.81. The number of hydrogen-bond acceptors (Lipinski definition) is 3. The van der Waals surface area contributed by atoms with Gasteiger partial charge in [0, 0.05) is 19.8 Å². The highest BCUT2D eigenvalue weighted by Crippen LogP contribution is 2.15. The Bertz CT molecular complexity index is 209. The van der Waals surface area contributed by atoms with Crippen LogP contribution in [0.4, 0.5) is 0 Å². The topological polar surface area (TPSA) is 50.4 Å². The summed E-state index contributed by atoms with van der Waals surface area (Å²) in [6, 6.07) is 0.0600. The molecule has 2 fully saturated rings. The lowest BCUT2D eigenvalue weighted by Gasteiger charge is -2.12. The van der Waals surface area contributed by atoms with Crippen LogP contribution in [-0.4, -0.2) is 38.3 Å². The van der Waals surface area contributed by atoms with Gasteiger partial charge in [-0.05, 0) is 38.1 Å². The molecule has 2 aliphatic heterocycles. The quantitative estimate of drug-likeness (QED) is 0.704. The van der Waals surface area contributed by atoms with Gasteiger partial charge in [0.05, 0.1) is 6.04 Å². The zero-order chi connectivity index (χ0) is 10.5. The van der Waals surface area contributed by atoms with Gasteiger partial charge in [-0.1, -0.05) is 0 Å². The van der Waals surface area contributed by atoms with Gasteiger partial charge in [0.1, 0.15) is 0 Å². The fourth-order valence-corrected chi connectivity index (χ4v) is 2.24. The van der Waals surface area contributed by atoms with Gasteiger partial charge in [0.15, 0.2) is 0 Å². The van der Waals surface area contributed by atoms with Crippen molar-refractivity contribution >= 4 is 5.91 Å². The number of carbonyl (C=O) groups excluding carboxylic acids is 1. The van der Waals surface area contributed by atoms with Crippen LogP contribution in [0.2, 0.25) is 0 Å². The summed E-state index contributed by atoms with van der Waals surface area (Å²) in [6.45, 7) is 3.54. The van der Waals surface area contributed by atoms with Gasteiger partial charge < -0.3 is 15.4 Å². The molecule has 0 radical (unpaired) electrons. The molecular weight excluding hydrogens is 192 g/mol. The molecule has 2 rings (SSSR count). The van der Waals surface area contributed by atoms with E-state index >= 15 is 0 Å². The largest absolute Gasteiger partial charge is 0.381 e. The molecule has 2 heterocycles. The third-order valence-electron chi connectivity index (χ3n) is 3.25. The second kappa shape index (κ2) is 5.47. The van der Waals surface area contributed by atoms with Crippen molar-refractivity contribution < 1.29 is 9.53 Å². The Balaban J connectivity index is 1.58. The number of rotatable bonds is 4. The van der Waals surface area contributed by atoms with E-state index in [1.807, 2.05) is 0 Å². The number of carbonyl (C=O) groups is 1. The first kappa shape index (κ1) is 10.9. The summed E-state index contributed by atoms with van der Waals surface area (Å²) in [5.74, 6) is 0.827. The van der Waals surface area contributed by atoms with E-state index in [0.717, 1.165) is 52.0 Å². The van der Waals surface area contributed by atoms with E-state index in [1.165, 1.54) is 0 Å². The second-order valence-electron chi connectivity index (χ2n) is 4.46. The summed E-state index contributed by atoms with van der Waals surface area (Å²) >= 11 is 0. The molecule has 15 heavy (non-hydrogen) atoms. The van der Waals surface area contributed by atoms with Crippen molar-refractivity contribution in [1.82, 2.24) is 10.6 Å². The highest BCUT2D eigenvalue weighted by Gasteiger charge is 2.22. The number of nitrogens with one attached hydrogen (secondary N) is 2. The third kappa shape index (κ3) is 3.18. The molecule has 0 spiro atoms. The fourth-order valence-electron chi connectivity index (χ4n) is 2.24. The Morgan fingerprint density at radius 3 is 3.07 bits per heavy atom. The molecule has 0 aromatic carbocycles. The Morgan fingerprint density at radius 1 is 1.47 bits per heavy atom. The molecule has 2 saturated heterocycles. The van der Waals surface area contributed by atoms with E-state index < -0.39 is 0 Å². The first-order valence-corrected chi connectivity index (χ1v) is 5.95. The van der Waals surface area contributed by atoms with Crippen LogP contribution >= 0.6 is 0 Å². The Morgan fingerprint density at radius 2 is 2.40 bits per heavy atom. The number of ether oxygens (including phenoxy) is 1. The molecule has 2 N–H and O–H groups in total. The molecule has 0 saturated carbocycles. The molecule has 2 aliphatic rings. The van der Waals surface area contributed by atoms with Crippen LogP contribution < -0.4 is 10.6 Å². The molecule has 4 heteroatoms. The lowest BCUT2D eigenvalue weighted by Crippen LogP contribution is -2.41. The van der Waals surface area contributed by atoms with Crippen LogP contribution in [0, 0.1) is 5.92 Å². The maximum Gasteiger partial charge on any atom is 0.237 e. The first-order valence-electron chi connectivity index (χ1n) is 5.95. The minimum absolute atomic E-state index is 0.0600. The molecule has 0 aromatic rings. The van der Waals surface area contributed by atoms with Gasteiger partial charge in [-0.25, -0.2) is 0 Å². The van der Waals surface area contributed by atoms with Gasteiger partial charge in [0.2, 0.25) is 5.91 Å². The molecule has 0 aromatic heterocycles. The van der Waals surface area contributed by atoms with Crippen LogP contribution in [0.25, 0.3) is 0 Å². The second-order valence-corrected chi connectivity index (χ2v) is 4.46. The minimum atomic E-state index is 0.0600. The van der Waals surface area contributed by atoms with Crippen molar-refractivity contribution in [3.63, 3.8) is 0 Å². The van der Waals surface area contributed by atoms with Crippen molar-refractivity contribution in [2.75, 3.05) is 26.3 Å². The molecule has 4 nitrogen and oxygen atoms in total. The molecule has 1 amide bonds. The zero-order valence-corrected chi connectivity index (χ0v) is 9.13. The number of amides is 1. The SMILES string of the molecule is O=C(NCCC1CCOC1)[C@@H]1CCCN1. The van der Waals surface area contributed by atoms with Crippen molar-refractivity contribution in [2.45, 2.75) is 31.7 Å². The summed E-state index contributed by atoms with van der Waals surface area (Å²) in [4.78, 5) is 11.6. The lowest BCUT2D eigenvalue weighted by atomic mass is 10.1. The standard InChI is InChI=1S/C11H20N2O2/c14-11(10-2-1-5-12-10)13-6-3-9-4-7-15-8-9/h9-10,12H,1-8H2,(H,13,14)/t9?,10-/m0/s1. The Kier molecular flexibility index (Phi) is 3.97. The van der Waals surface area contributed by atoms with Crippen LogP contribution in [0.15, 0.2) is 0 Å². The summed E-state index contributed by atoms with van der Waals surface area (Å²) < 4.78 is 5.29. The monoisotopic (exact) mass is 212 g/mol. The maximum atomic E-state index is 11.6. The molecule has 0 bridgehead atoms. The fraction of sp³-hybridized carbons (Fsp3) is 0.909. The highest BCUT2D eigenvalue weighted by atomic mass is 16.5. The van der Waals surface area contributed by atoms with E-state index in [-0.39, 0.29) is 11.9 Å². The third-order valence-corrected chi connectivity index (χ3v) is 3.25. The molecule has 1 unspecified atom stereocenters. The van der Waals surface area contributed by atoms with Gasteiger partial charge in [0.25, 0.3) is 0 Å². The zero-order valence-electron chi connectivity index (χ0n) is 9.13. The molecule has 0 aliphatic carbocycles. The van der Waals surface area contributed by atoms with Gasteiger partial charge in [-0.2, -0.15) is 0 Å². The molecule has 2 atom stereocenters. The predicted molar refractivity (Wildman–Crippen MR) is 57.6 cm³/mol. The Labute approximate surface area is 90.8 Å². The van der Waals surface area contributed by atoms with E-state index in [2.05, 4.69) is 10.6 Å². The Hall–Kier alpha value is -0.610. The lowest BCUT2D eigenvalue weighted by molar-refractivity contribution is -0.122. The van der Waals surface area contributed by atoms with Crippen molar-refractivity contribution in [2.24, 2.45) is 5.92 Å². The minimum Gasteiger partial charge on any atom is -0.381 e. The van der Waals surface area contributed by atoms with E-state index in [1.54, 1.807) is 0 Å². The number of hydrogen-bond donors (Lipinski definition) is 2. The summed E-state index contributed by atoms with van der Waals surface area (Å²) in [5.41, 5.74) is 0. The van der Waals surface area contributed by atoms with Gasteiger partial charge in [-0.15, -0.1) is 0 Å². The normalized spacial score (nSPS) is 30.7. The van der Waals surface area contributed by atoms with Crippen LogP contribution in [-0.2, 0) is 9.53 Å². The summed E-state index contributed by atoms with van der Waals surface area (Å²) in [6.07, 6.45) is 4.31. The average molecular weight is 212 g/mol. The van der Waals surface area contributed by atoms with Crippen molar-refractivity contribution in [3.05, 3.63) is 0 Å². The average Bonchev–Trinajstić information content (AvgIpc) is 2.90. The van der Waals surface area contributed by atoms with Crippen LogP contribution in [0.3, 0.4) is 0 Å². The summed E-state index contributed by atoms with van der Waals surface area (Å²) in [5, 5.41) is 6.19. The van der Waals surface area contributed by atoms with Crippen LogP contribution in [0.1, 0.15) is 25.7 Å². The van der Waals surface area contributed by atoms with Crippen molar-refractivity contribution in [1.29, 1.82) is 0 Å². The summed E-state index contributed by atoms with van der Waals surface area (Å²) in [7, 11) is 0. The van der Waals surface area contributed by atoms with Crippen molar-refractivity contribution in [3.8, 4) is 0 Å². The van der Waals surface area contributed by atoms with Gasteiger partial charge in [-0.3, -0.25) is 4.79 Å². The smallest absolute Gasteiger partial charge is 0.237 e. The van der Waals surface area contributed by atoms with E-state index in [4.69, 9.17) is 4.74 Å². The maximum absolute atomic E-state index is 11.6. The predicted octanol–water partition coefficient (Wildman–Crippen LogP) is 0.281. The van der Waals surface area contributed by atoms with E-state index in [9.17, 15) is 4.79 Å².